The second-order valence-electron chi connectivity index (χ2n) is 8.11. The number of rotatable bonds is 3. The molecule has 1 heterocycles. The van der Waals surface area contributed by atoms with E-state index >= 15 is 0 Å². The third kappa shape index (κ3) is 5.91. The molecule has 3 aromatic rings. The van der Waals surface area contributed by atoms with Crippen molar-refractivity contribution in [1.82, 2.24) is 0 Å². The zero-order valence-electron chi connectivity index (χ0n) is 18.7. The van der Waals surface area contributed by atoms with Crippen LogP contribution in [0, 0.1) is 47.1 Å². The number of halogens is 6. The highest BCUT2D eigenvalue weighted by Crippen LogP contribution is 2.29. The molecule has 1 aliphatic heterocycles. The van der Waals surface area contributed by atoms with E-state index in [1.54, 1.807) is 24.3 Å². The van der Waals surface area contributed by atoms with E-state index in [1.807, 2.05) is 6.08 Å². The van der Waals surface area contributed by atoms with E-state index in [1.165, 1.54) is 12.0 Å². The summed E-state index contributed by atoms with van der Waals surface area (Å²) >= 11 is 0. The summed E-state index contributed by atoms with van der Waals surface area (Å²) in [6, 6.07) is 9.94. The van der Waals surface area contributed by atoms with Gasteiger partial charge in [0.1, 0.15) is 11.6 Å². The minimum absolute atomic E-state index is 0.129. The first-order chi connectivity index (χ1) is 17.1. The summed E-state index contributed by atoms with van der Waals surface area (Å²) < 4.78 is 91.8. The molecule has 0 N–H and O–H groups in total. The molecule has 1 saturated heterocycles. The number of allylic oxidation sites excluding steroid dienone is 1. The Kier molecular flexibility index (Phi) is 7.40. The normalized spacial score (nSPS) is 17.6. The van der Waals surface area contributed by atoms with Gasteiger partial charge in [0.15, 0.2) is 12.1 Å². The minimum atomic E-state index is -4.95. The van der Waals surface area contributed by atoms with Crippen LogP contribution in [0.2, 0.25) is 0 Å². The monoisotopic (exact) mass is 500 g/mol. The van der Waals surface area contributed by atoms with Gasteiger partial charge in [0.25, 0.3) is 0 Å². The summed E-state index contributed by atoms with van der Waals surface area (Å²) in [6.45, 7) is 4.83. The predicted octanol–water partition coefficient (Wildman–Crippen LogP) is 6.81. The van der Waals surface area contributed by atoms with Gasteiger partial charge in [-0.25, -0.2) is 13.2 Å². The van der Waals surface area contributed by atoms with Crippen LogP contribution in [0.25, 0.3) is 10.8 Å². The van der Waals surface area contributed by atoms with E-state index in [4.69, 9.17) is 9.47 Å². The molecule has 4 rings (SSSR count). The van der Waals surface area contributed by atoms with Crippen molar-refractivity contribution in [3.05, 3.63) is 94.8 Å². The maximum absolute atomic E-state index is 14.6. The van der Waals surface area contributed by atoms with Crippen molar-refractivity contribution < 1.29 is 35.8 Å². The van der Waals surface area contributed by atoms with E-state index < -0.39 is 40.9 Å². The molecule has 0 radical (unpaired) electrons. The lowest BCUT2D eigenvalue weighted by atomic mass is 10.0. The molecule has 2 nitrogen and oxygen atoms in total. The Bertz CT molecular complexity index is 1410. The van der Waals surface area contributed by atoms with E-state index in [0.717, 1.165) is 30.0 Å². The van der Waals surface area contributed by atoms with Crippen LogP contribution in [0.5, 0.6) is 0 Å². The highest BCUT2D eigenvalue weighted by molar-refractivity contribution is 5.87. The van der Waals surface area contributed by atoms with Crippen LogP contribution >= 0.6 is 0 Å². The second-order valence-corrected chi connectivity index (χ2v) is 8.11. The summed E-state index contributed by atoms with van der Waals surface area (Å²) in [5, 5.41) is -0.857. The second kappa shape index (κ2) is 10.5. The quantitative estimate of drug-likeness (QED) is 0.224. The van der Waals surface area contributed by atoms with Crippen molar-refractivity contribution >= 4 is 10.8 Å². The maximum Gasteiger partial charge on any atom is 0.458 e. The molecule has 1 aliphatic rings. The Morgan fingerprint density at radius 2 is 1.56 bits per heavy atom. The molecule has 0 amide bonds. The van der Waals surface area contributed by atoms with Crippen molar-refractivity contribution in [3.63, 3.8) is 0 Å². The molecular formula is C28H18F6O2. The lowest BCUT2D eigenvalue weighted by molar-refractivity contribution is -0.204. The number of benzene rings is 3. The summed E-state index contributed by atoms with van der Waals surface area (Å²) in [5.41, 5.74) is 0.378. The third-order valence-electron chi connectivity index (χ3n) is 5.41. The van der Waals surface area contributed by atoms with Crippen LogP contribution in [0.15, 0.2) is 55.1 Å². The number of hydrogen-bond donors (Lipinski definition) is 0. The SMILES string of the molecule is C=CCC1COC(c2ccc(C#Cc3cc(F)c4c(F)c(C#CC(F)(F)F)c(F)cc4c3)cc2)OC1. The fraction of sp³-hybridized carbons (Fsp3) is 0.214. The van der Waals surface area contributed by atoms with Gasteiger partial charge in [-0.3, -0.25) is 0 Å². The number of alkyl halides is 3. The molecule has 0 saturated carbocycles. The highest BCUT2D eigenvalue weighted by Gasteiger charge is 2.25. The zero-order valence-corrected chi connectivity index (χ0v) is 18.7. The molecule has 0 unspecified atom stereocenters. The molecule has 8 heteroatoms. The van der Waals surface area contributed by atoms with Crippen LogP contribution in [0.4, 0.5) is 26.3 Å². The molecule has 0 aliphatic carbocycles. The Hall–Kier alpha value is -3.72. The molecule has 0 aromatic heterocycles. The van der Waals surface area contributed by atoms with E-state index in [9.17, 15) is 26.3 Å². The Morgan fingerprint density at radius 1 is 0.889 bits per heavy atom. The minimum Gasteiger partial charge on any atom is -0.348 e. The van der Waals surface area contributed by atoms with Gasteiger partial charge in [0.05, 0.1) is 24.2 Å². The molecule has 184 valence electrons. The molecule has 0 atom stereocenters. The molecule has 1 fully saturated rings. The Labute approximate surface area is 203 Å². The van der Waals surface area contributed by atoms with Gasteiger partial charge >= 0.3 is 6.18 Å². The van der Waals surface area contributed by atoms with Gasteiger partial charge in [0.2, 0.25) is 0 Å². The van der Waals surface area contributed by atoms with E-state index in [-0.39, 0.29) is 16.9 Å². The van der Waals surface area contributed by atoms with E-state index in [0.29, 0.717) is 18.8 Å². The zero-order chi connectivity index (χ0) is 25.9. The van der Waals surface area contributed by atoms with Crippen LogP contribution in [0.3, 0.4) is 0 Å². The van der Waals surface area contributed by atoms with Crippen LogP contribution in [0.1, 0.15) is 35.0 Å². The lowest BCUT2D eigenvalue weighted by Gasteiger charge is -2.29. The first kappa shape index (κ1) is 25.4. The van der Waals surface area contributed by atoms with Gasteiger partial charge in [-0.2, -0.15) is 13.2 Å². The Balaban J connectivity index is 1.55. The van der Waals surface area contributed by atoms with Crippen molar-refractivity contribution in [2.24, 2.45) is 5.92 Å². The summed E-state index contributed by atoms with van der Waals surface area (Å²) in [4.78, 5) is 0. The van der Waals surface area contributed by atoms with Crippen LogP contribution in [-0.4, -0.2) is 19.4 Å². The summed E-state index contributed by atoms with van der Waals surface area (Å²) in [5.74, 6) is 4.09. The van der Waals surface area contributed by atoms with Gasteiger partial charge in [0, 0.05) is 28.5 Å². The topological polar surface area (TPSA) is 18.5 Å². The number of ether oxygens (including phenoxy) is 2. The molecular weight excluding hydrogens is 482 g/mol. The number of fused-ring (bicyclic) bond motifs is 1. The van der Waals surface area contributed by atoms with Crippen LogP contribution in [-0.2, 0) is 9.47 Å². The molecule has 3 aromatic carbocycles. The first-order valence-electron chi connectivity index (χ1n) is 10.8. The van der Waals surface area contributed by atoms with Crippen molar-refractivity contribution in [2.75, 3.05) is 13.2 Å². The van der Waals surface area contributed by atoms with Crippen molar-refractivity contribution in [2.45, 2.75) is 18.9 Å². The van der Waals surface area contributed by atoms with Gasteiger partial charge in [-0.15, -0.1) is 6.58 Å². The summed E-state index contributed by atoms with van der Waals surface area (Å²) in [6.07, 6.45) is -2.80. The van der Waals surface area contributed by atoms with Crippen LogP contribution < -0.4 is 0 Å². The van der Waals surface area contributed by atoms with Gasteiger partial charge < -0.3 is 9.47 Å². The van der Waals surface area contributed by atoms with Crippen molar-refractivity contribution in [1.29, 1.82) is 0 Å². The third-order valence-corrected chi connectivity index (χ3v) is 5.41. The lowest BCUT2D eigenvalue weighted by Crippen LogP contribution is -2.26. The van der Waals surface area contributed by atoms with Gasteiger partial charge in [-0.05, 0) is 42.1 Å². The fourth-order valence-corrected chi connectivity index (χ4v) is 3.71. The average molecular weight is 500 g/mol. The van der Waals surface area contributed by atoms with E-state index in [2.05, 4.69) is 18.4 Å². The summed E-state index contributed by atoms with van der Waals surface area (Å²) in [7, 11) is 0. The predicted molar refractivity (Wildman–Crippen MR) is 122 cm³/mol. The molecule has 0 bridgehead atoms. The molecule has 0 spiro atoms. The fourth-order valence-electron chi connectivity index (χ4n) is 3.71. The number of hydrogen-bond acceptors (Lipinski definition) is 2. The Morgan fingerprint density at radius 3 is 2.19 bits per heavy atom. The first-order valence-corrected chi connectivity index (χ1v) is 10.8. The largest absolute Gasteiger partial charge is 0.458 e. The standard InChI is InChI=1S/C28H18F6O2/c1-2-3-19-15-35-27(36-16-19)20-8-6-17(7-9-20)4-5-18-12-21-14-23(29)22(10-11-28(32,33)34)26(31)25(21)24(30)13-18/h2,6-9,12-14,19,27H,1,3,15-16H2. The average Bonchev–Trinajstić information content (AvgIpc) is 2.82. The van der Waals surface area contributed by atoms with Crippen molar-refractivity contribution in [3.8, 4) is 23.7 Å². The smallest absolute Gasteiger partial charge is 0.348 e. The maximum atomic E-state index is 14.6. The van der Waals surface area contributed by atoms with Gasteiger partial charge in [-0.1, -0.05) is 36.0 Å². The molecule has 36 heavy (non-hydrogen) atoms. The highest BCUT2D eigenvalue weighted by atomic mass is 19.4.